The van der Waals surface area contributed by atoms with Gasteiger partial charge in [-0.25, -0.2) is 0 Å². The van der Waals surface area contributed by atoms with Crippen molar-refractivity contribution in [1.29, 1.82) is 5.26 Å². The summed E-state index contributed by atoms with van der Waals surface area (Å²) in [4.78, 5) is 0. The number of rotatable bonds is 3. The maximum Gasteiger partial charge on any atom is 0.171 e. The van der Waals surface area contributed by atoms with Crippen molar-refractivity contribution in [2.45, 2.75) is 25.4 Å². The highest BCUT2D eigenvalue weighted by Crippen LogP contribution is 2.59. The zero-order chi connectivity index (χ0) is 12.5. The molecule has 2 rings (SSSR count). The molecular weight excluding hydrogens is 210 g/mol. The molecule has 0 amide bonds. The van der Waals surface area contributed by atoms with E-state index in [9.17, 15) is 5.26 Å². The van der Waals surface area contributed by atoms with Gasteiger partial charge in [-0.3, -0.25) is 0 Å². The van der Waals surface area contributed by atoms with E-state index < -0.39 is 11.0 Å². The topological polar surface area (TPSA) is 33.0 Å². The van der Waals surface area contributed by atoms with Crippen molar-refractivity contribution in [2.75, 3.05) is 7.11 Å². The number of benzene rings is 1. The highest BCUT2D eigenvalue weighted by molar-refractivity contribution is 5.42. The monoisotopic (exact) mass is 225 g/mol. The van der Waals surface area contributed by atoms with Crippen LogP contribution in [0, 0.1) is 36.0 Å². The third kappa shape index (κ3) is 1.54. The van der Waals surface area contributed by atoms with Crippen LogP contribution in [0.5, 0.6) is 0 Å². The maximum atomic E-state index is 9.34. The summed E-state index contributed by atoms with van der Waals surface area (Å²) in [5.74, 6) is 2.71. The Morgan fingerprint density at radius 2 is 1.94 bits per heavy atom. The van der Waals surface area contributed by atoms with Crippen molar-refractivity contribution in [3.05, 3.63) is 35.4 Å². The van der Waals surface area contributed by atoms with E-state index >= 15 is 0 Å². The molecule has 1 fully saturated rings. The SMILES string of the molecule is C#C[C@@](OC)(c1ccc(C)cc1)C1(C#N)CC1. The summed E-state index contributed by atoms with van der Waals surface area (Å²) in [6.45, 7) is 2.02. The molecule has 1 saturated carbocycles. The Kier molecular flexibility index (Phi) is 2.69. The minimum absolute atomic E-state index is 0.550. The minimum atomic E-state index is -0.907. The summed E-state index contributed by atoms with van der Waals surface area (Å²) >= 11 is 0. The molecule has 0 N–H and O–H groups in total. The number of nitrogens with zero attached hydrogens (tertiary/aromatic N) is 1. The zero-order valence-electron chi connectivity index (χ0n) is 10.2. The van der Waals surface area contributed by atoms with Crippen LogP contribution in [0.1, 0.15) is 24.0 Å². The second kappa shape index (κ2) is 3.91. The number of ether oxygens (including phenoxy) is 1. The molecule has 0 heterocycles. The molecule has 0 bridgehead atoms. The highest BCUT2D eigenvalue weighted by Gasteiger charge is 2.61. The first kappa shape index (κ1) is 11.7. The zero-order valence-corrected chi connectivity index (χ0v) is 10.2. The Bertz CT molecular complexity index is 499. The molecule has 2 nitrogen and oxygen atoms in total. The van der Waals surface area contributed by atoms with E-state index in [1.165, 1.54) is 0 Å². The van der Waals surface area contributed by atoms with Gasteiger partial charge >= 0.3 is 0 Å². The third-order valence-corrected chi connectivity index (χ3v) is 3.61. The summed E-state index contributed by atoms with van der Waals surface area (Å²) in [7, 11) is 1.58. The van der Waals surface area contributed by atoms with E-state index in [-0.39, 0.29) is 0 Å². The van der Waals surface area contributed by atoms with E-state index in [1.54, 1.807) is 7.11 Å². The van der Waals surface area contributed by atoms with E-state index in [1.807, 2.05) is 31.2 Å². The fourth-order valence-corrected chi connectivity index (χ4v) is 2.33. The van der Waals surface area contributed by atoms with Crippen LogP contribution in [0.15, 0.2) is 24.3 Å². The van der Waals surface area contributed by atoms with Crippen molar-refractivity contribution >= 4 is 0 Å². The van der Waals surface area contributed by atoms with Crippen LogP contribution >= 0.6 is 0 Å². The van der Waals surface area contributed by atoms with E-state index in [0.29, 0.717) is 0 Å². The summed E-state index contributed by atoms with van der Waals surface area (Å²) in [5.41, 5.74) is 0.603. The van der Waals surface area contributed by atoms with Gasteiger partial charge in [0.1, 0.15) is 5.41 Å². The van der Waals surface area contributed by atoms with Gasteiger partial charge in [0.05, 0.1) is 6.07 Å². The lowest BCUT2D eigenvalue weighted by Crippen LogP contribution is -2.36. The lowest BCUT2D eigenvalue weighted by molar-refractivity contribution is -0.00565. The molecule has 86 valence electrons. The van der Waals surface area contributed by atoms with Gasteiger partial charge < -0.3 is 4.74 Å². The number of nitriles is 1. The van der Waals surface area contributed by atoms with Crippen molar-refractivity contribution in [3.8, 4) is 18.4 Å². The lowest BCUT2D eigenvalue weighted by atomic mass is 9.79. The Morgan fingerprint density at radius 1 is 1.35 bits per heavy atom. The van der Waals surface area contributed by atoms with E-state index in [0.717, 1.165) is 24.0 Å². The van der Waals surface area contributed by atoms with Gasteiger partial charge in [-0.15, -0.1) is 6.42 Å². The molecule has 1 aliphatic carbocycles. The van der Waals surface area contributed by atoms with Crippen LogP contribution in [0.4, 0.5) is 0 Å². The van der Waals surface area contributed by atoms with Crippen LogP contribution in [-0.4, -0.2) is 7.11 Å². The smallest absolute Gasteiger partial charge is 0.171 e. The molecule has 0 unspecified atom stereocenters. The van der Waals surface area contributed by atoms with Crippen molar-refractivity contribution in [1.82, 2.24) is 0 Å². The van der Waals surface area contributed by atoms with E-state index in [2.05, 4.69) is 12.0 Å². The predicted octanol–water partition coefficient (Wildman–Crippen LogP) is 2.77. The number of methoxy groups -OCH3 is 1. The Balaban J connectivity index is 2.54. The quantitative estimate of drug-likeness (QED) is 0.741. The molecule has 2 heteroatoms. The first-order valence-electron chi connectivity index (χ1n) is 5.65. The number of aryl methyl sites for hydroxylation is 1. The first-order valence-corrected chi connectivity index (χ1v) is 5.65. The molecule has 1 atom stereocenters. The summed E-state index contributed by atoms with van der Waals surface area (Å²) in [6, 6.07) is 10.2. The van der Waals surface area contributed by atoms with Crippen LogP contribution in [0.2, 0.25) is 0 Å². The molecule has 1 aliphatic rings. The van der Waals surface area contributed by atoms with Crippen LogP contribution < -0.4 is 0 Å². The maximum absolute atomic E-state index is 9.34. The van der Waals surface area contributed by atoms with Gasteiger partial charge in [-0.1, -0.05) is 35.7 Å². The minimum Gasteiger partial charge on any atom is -0.360 e. The first-order chi connectivity index (χ1) is 8.14. The van der Waals surface area contributed by atoms with Gasteiger partial charge in [0.25, 0.3) is 0 Å². The molecule has 17 heavy (non-hydrogen) atoms. The molecule has 0 radical (unpaired) electrons. The lowest BCUT2D eigenvalue weighted by Gasteiger charge is -2.32. The molecule has 0 aliphatic heterocycles. The molecule has 0 spiro atoms. The Hall–Kier alpha value is -1.77. The second-order valence-corrected chi connectivity index (χ2v) is 4.59. The average molecular weight is 225 g/mol. The normalized spacial score (nSPS) is 19.8. The number of hydrogen-bond acceptors (Lipinski definition) is 2. The van der Waals surface area contributed by atoms with Crippen LogP contribution in [0.3, 0.4) is 0 Å². The van der Waals surface area contributed by atoms with E-state index in [4.69, 9.17) is 11.2 Å². The third-order valence-electron chi connectivity index (χ3n) is 3.61. The van der Waals surface area contributed by atoms with Crippen LogP contribution in [0.25, 0.3) is 0 Å². The largest absolute Gasteiger partial charge is 0.360 e. The predicted molar refractivity (Wildman–Crippen MR) is 66.0 cm³/mol. The fraction of sp³-hybridized carbons (Fsp3) is 0.400. The van der Waals surface area contributed by atoms with Gasteiger partial charge in [0.2, 0.25) is 0 Å². The molecule has 1 aromatic rings. The Labute approximate surface area is 102 Å². The summed E-state index contributed by atoms with van der Waals surface area (Å²) < 4.78 is 5.57. The van der Waals surface area contributed by atoms with Crippen LogP contribution in [-0.2, 0) is 10.3 Å². The molecule has 0 saturated heterocycles. The average Bonchev–Trinajstić information content (AvgIpc) is 3.15. The van der Waals surface area contributed by atoms with Crippen molar-refractivity contribution < 1.29 is 4.74 Å². The molecule has 0 aromatic heterocycles. The number of terminal acetylenes is 1. The van der Waals surface area contributed by atoms with Gasteiger partial charge in [-0.05, 0) is 25.3 Å². The second-order valence-electron chi connectivity index (χ2n) is 4.59. The summed E-state index contributed by atoms with van der Waals surface area (Å²) in [6.07, 6.45) is 7.27. The molecule has 1 aromatic carbocycles. The standard InChI is InChI=1S/C15H15NO/c1-4-15(17-3,14(11-16)9-10-14)13-7-5-12(2)6-8-13/h1,5-8H,9-10H2,2-3H3/t15-/m1/s1. The van der Waals surface area contributed by atoms with Crippen molar-refractivity contribution in [2.24, 2.45) is 5.41 Å². The van der Waals surface area contributed by atoms with Gasteiger partial charge in [0.15, 0.2) is 5.60 Å². The highest BCUT2D eigenvalue weighted by atomic mass is 16.5. The summed E-state index contributed by atoms with van der Waals surface area (Å²) in [5, 5.41) is 9.34. The van der Waals surface area contributed by atoms with Gasteiger partial charge in [0, 0.05) is 7.11 Å². The van der Waals surface area contributed by atoms with Crippen molar-refractivity contribution in [3.63, 3.8) is 0 Å². The van der Waals surface area contributed by atoms with Gasteiger partial charge in [-0.2, -0.15) is 5.26 Å². The Morgan fingerprint density at radius 3 is 2.29 bits per heavy atom. The number of hydrogen-bond donors (Lipinski definition) is 0. The fourth-order valence-electron chi connectivity index (χ4n) is 2.33. The molecular formula is C15H15NO.